The Morgan fingerprint density at radius 3 is 1.92 bits per heavy atom. The van der Waals surface area contributed by atoms with Gasteiger partial charge in [0.05, 0.1) is 11.2 Å². The summed E-state index contributed by atoms with van der Waals surface area (Å²) >= 11 is 0. The van der Waals surface area contributed by atoms with Crippen molar-refractivity contribution in [2.45, 2.75) is 19.3 Å². The molecule has 0 heterocycles. The molecule has 50 heavy (non-hydrogen) atoms. The van der Waals surface area contributed by atoms with E-state index in [9.17, 15) is 2.74 Å². The van der Waals surface area contributed by atoms with Crippen LogP contribution in [0.5, 0.6) is 0 Å². The van der Waals surface area contributed by atoms with Crippen LogP contribution < -0.4 is 4.90 Å². The van der Waals surface area contributed by atoms with Crippen LogP contribution in [-0.4, -0.2) is 0 Å². The van der Waals surface area contributed by atoms with Crippen molar-refractivity contribution in [1.29, 1.82) is 0 Å². The fraction of sp³-hybridized carbons (Fsp3) is 0.0612. The maximum atomic E-state index is 9.87. The average Bonchev–Trinajstić information content (AvgIpc) is 3.44. The lowest BCUT2D eigenvalue weighted by molar-refractivity contribution is 0.660. The van der Waals surface area contributed by atoms with E-state index >= 15 is 0 Å². The monoisotopic (exact) mass is 643 g/mol. The molecule has 9 rings (SSSR count). The van der Waals surface area contributed by atoms with Crippen LogP contribution in [0.25, 0.3) is 55.3 Å². The summed E-state index contributed by atoms with van der Waals surface area (Å²) in [7, 11) is 0. The fourth-order valence-corrected chi connectivity index (χ4v) is 7.54. The number of hydrogen-bond donors (Lipinski definition) is 0. The lowest BCUT2D eigenvalue weighted by atomic mass is 9.82. The Morgan fingerprint density at radius 1 is 0.440 bits per heavy atom. The van der Waals surface area contributed by atoms with E-state index < -0.39 is 0 Å². The Morgan fingerprint density at radius 2 is 1.08 bits per heavy atom. The number of anilines is 3. The van der Waals surface area contributed by atoms with Crippen molar-refractivity contribution in [3.05, 3.63) is 199 Å². The van der Waals surface area contributed by atoms with E-state index in [1.807, 2.05) is 83.8 Å². The highest BCUT2D eigenvalue weighted by atomic mass is 15.1. The molecule has 0 amide bonds. The largest absolute Gasteiger partial charge is 0.310 e. The zero-order valence-corrected chi connectivity index (χ0v) is 28.0. The van der Waals surface area contributed by atoms with Gasteiger partial charge in [-0.1, -0.05) is 165 Å². The predicted molar refractivity (Wildman–Crippen MR) is 213 cm³/mol. The molecule has 0 aromatic heterocycles. The van der Waals surface area contributed by atoms with Crippen molar-refractivity contribution < 1.29 is 5.48 Å². The third kappa shape index (κ3) is 5.11. The summed E-state index contributed by atoms with van der Waals surface area (Å²) in [6.45, 7) is 4.49. The van der Waals surface area contributed by atoms with Gasteiger partial charge in [-0.2, -0.15) is 0 Å². The summed E-state index contributed by atoms with van der Waals surface area (Å²) in [5, 5.41) is 2.04. The van der Waals surface area contributed by atoms with Gasteiger partial charge in [-0.05, 0) is 97.2 Å². The summed E-state index contributed by atoms with van der Waals surface area (Å²) in [4.78, 5) is 1.98. The number of rotatable bonds is 6. The van der Waals surface area contributed by atoms with Crippen LogP contribution in [0.3, 0.4) is 0 Å². The second-order valence-corrected chi connectivity index (χ2v) is 13.5. The molecule has 0 unspecified atom stereocenters. The van der Waals surface area contributed by atoms with Crippen LogP contribution in [-0.2, 0) is 5.41 Å². The van der Waals surface area contributed by atoms with E-state index in [4.69, 9.17) is 2.74 Å². The van der Waals surface area contributed by atoms with Crippen LogP contribution in [0, 0.1) is 0 Å². The van der Waals surface area contributed by atoms with Gasteiger partial charge in [0.2, 0.25) is 0 Å². The summed E-state index contributed by atoms with van der Waals surface area (Å²) in [5.74, 6) is 0. The normalized spacial score (nSPS) is 13.9. The molecule has 0 N–H and O–H groups in total. The smallest absolute Gasteiger partial charge is 0.0651 e. The molecular formula is C49H37N. The van der Waals surface area contributed by atoms with E-state index in [0.717, 1.165) is 50.0 Å². The van der Waals surface area contributed by atoms with E-state index in [-0.39, 0.29) is 35.3 Å². The maximum absolute atomic E-state index is 9.87. The highest BCUT2D eigenvalue weighted by Gasteiger charge is 2.35. The van der Waals surface area contributed by atoms with Gasteiger partial charge >= 0.3 is 0 Å². The molecule has 0 bridgehead atoms. The highest BCUT2D eigenvalue weighted by molar-refractivity contribution is 5.93. The summed E-state index contributed by atoms with van der Waals surface area (Å²) in [6.07, 6.45) is 0. The van der Waals surface area contributed by atoms with Crippen molar-refractivity contribution in [2.75, 3.05) is 4.90 Å². The fourth-order valence-electron chi connectivity index (χ4n) is 7.54. The van der Waals surface area contributed by atoms with Gasteiger partial charge in [0, 0.05) is 22.4 Å². The Hall–Kier alpha value is -6.18. The molecule has 1 heteroatoms. The van der Waals surface area contributed by atoms with Crippen LogP contribution in [0.2, 0.25) is 0 Å². The number of para-hydroxylation sites is 1. The Labute approximate surface area is 300 Å². The molecular weight excluding hydrogens is 603 g/mol. The summed E-state index contributed by atoms with van der Waals surface area (Å²) in [5.41, 5.74) is 11.5. The lowest BCUT2D eigenvalue weighted by Gasteiger charge is -2.30. The molecule has 8 aromatic carbocycles. The second kappa shape index (κ2) is 12.1. The molecule has 1 aliphatic carbocycles. The molecule has 238 valence electrons. The van der Waals surface area contributed by atoms with E-state index in [1.165, 1.54) is 16.7 Å². The van der Waals surface area contributed by atoms with Crippen LogP contribution >= 0.6 is 0 Å². The molecule has 0 aliphatic heterocycles. The molecule has 0 saturated heterocycles. The van der Waals surface area contributed by atoms with Gasteiger partial charge in [-0.3, -0.25) is 0 Å². The minimum Gasteiger partial charge on any atom is -0.310 e. The lowest BCUT2D eigenvalue weighted by Crippen LogP contribution is -2.17. The minimum atomic E-state index is -0.282. The van der Waals surface area contributed by atoms with Gasteiger partial charge in [0.1, 0.15) is 0 Å². The topological polar surface area (TPSA) is 3.24 Å². The first-order chi connectivity index (χ1) is 26.2. The van der Waals surface area contributed by atoms with Gasteiger partial charge in [0.15, 0.2) is 0 Å². The maximum Gasteiger partial charge on any atom is 0.0651 e. The molecule has 1 aliphatic rings. The Bertz CT molecular complexity index is 2730. The Balaban J connectivity index is 1.29. The van der Waals surface area contributed by atoms with Crippen molar-refractivity contribution in [3.8, 4) is 44.5 Å². The van der Waals surface area contributed by atoms with Crippen molar-refractivity contribution >= 4 is 27.8 Å². The zero-order chi connectivity index (χ0) is 37.1. The van der Waals surface area contributed by atoms with Crippen molar-refractivity contribution in [3.63, 3.8) is 0 Å². The summed E-state index contributed by atoms with van der Waals surface area (Å²) in [6, 6.07) is 55.3. The number of benzene rings is 8. The van der Waals surface area contributed by atoms with Gasteiger partial charge in [0.25, 0.3) is 0 Å². The van der Waals surface area contributed by atoms with Gasteiger partial charge in [-0.25, -0.2) is 0 Å². The van der Waals surface area contributed by atoms with Crippen LogP contribution in [0.15, 0.2) is 188 Å². The van der Waals surface area contributed by atoms with Crippen molar-refractivity contribution in [1.82, 2.24) is 0 Å². The first kappa shape index (κ1) is 25.8. The number of hydrogen-bond acceptors (Lipinski definition) is 1. The minimum absolute atomic E-state index is 0.0357. The average molecular weight is 644 g/mol. The standard InChI is InChI=1S/C49H37N/c1-49(2)46-21-10-8-20-44(46)45-30-29-42(33-47(45)49)50(41-18-12-17-39(32-41)40-28-25-35-15-6-7-16-38(35)31-40)48-22-11-9-19-43(48)37-26-23-36(24-27-37)34-13-4-3-5-14-34/h3-33H,1-2H3/i12D,17D,18D,32D. The van der Waals surface area contributed by atoms with Crippen molar-refractivity contribution in [2.24, 2.45) is 0 Å². The summed E-state index contributed by atoms with van der Waals surface area (Å²) < 4.78 is 37.6. The molecule has 0 radical (unpaired) electrons. The molecule has 0 fully saturated rings. The van der Waals surface area contributed by atoms with Gasteiger partial charge < -0.3 is 4.90 Å². The molecule has 0 saturated carbocycles. The Kier molecular flexibility index (Phi) is 6.22. The first-order valence-corrected chi connectivity index (χ1v) is 17.1. The number of nitrogens with zero attached hydrogens (tertiary/aromatic N) is 1. The zero-order valence-electron chi connectivity index (χ0n) is 32.0. The third-order valence-electron chi connectivity index (χ3n) is 10.1. The van der Waals surface area contributed by atoms with E-state index in [0.29, 0.717) is 11.1 Å². The van der Waals surface area contributed by atoms with E-state index in [2.05, 4.69) is 98.8 Å². The molecule has 0 spiro atoms. The first-order valence-electron chi connectivity index (χ1n) is 19.1. The highest BCUT2D eigenvalue weighted by Crippen LogP contribution is 2.51. The molecule has 0 atom stereocenters. The molecule has 8 aromatic rings. The van der Waals surface area contributed by atoms with E-state index in [1.54, 1.807) is 0 Å². The van der Waals surface area contributed by atoms with Gasteiger partial charge in [-0.15, -0.1) is 0 Å². The number of fused-ring (bicyclic) bond motifs is 4. The third-order valence-corrected chi connectivity index (χ3v) is 10.1. The predicted octanol–water partition coefficient (Wildman–Crippen LogP) is 13.6. The van der Waals surface area contributed by atoms with Crippen LogP contribution in [0.1, 0.15) is 30.5 Å². The van der Waals surface area contributed by atoms with Crippen LogP contribution in [0.4, 0.5) is 17.1 Å². The molecule has 1 nitrogen and oxygen atoms in total. The quantitative estimate of drug-likeness (QED) is 0.174. The second-order valence-electron chi connectivity index (χ2n) is 13.5. The SMILES string of the molecule is [2H]c1c([2H])c(-c2ccc3ccccc3c2)c([2H])c(N(c2ccc3c(c2)C(C)(C)c2ccccc2-3)c2ccccc2-c2ccc(-c3ccccc3)cc2)c1[2H].